The molecule has 0 saturated carbocycles. The summed E-state index contributed by atoms with van der Waals surface area (Å²) in [6.45, 7) is 1.91. The molecular weight excluding hydrogens is 329 g/mol. The van der Waals surface area contributed by atoms with Crippen LogP contribution in [-0.4, -0.2) is 22.9 Å². The third-order valence-electron chi connectivity index (χ3n) is 3.15. The molecule has 24 heavy (non-hydrogen) atoms. The fourth-order valence-electron chi connectivity index (χ4n) is 1.85. The predicted molar refractivity (Wildman–Crippen MR) is 93.2 cm³/mol. The Bertz CT molecular complexity index is 676. The molecule has 1 amide bonds. The second kappa shape index (κ2) is 9.08. The topological polar surface area (TPSA) is 55.4 Å². The molecule has 0 spiro atoms. The summed E-state index contributed by atoms with van der Waals surface area (Å²) in [4.78, 5) is 23.7. The highest BCUT2D eigenvalue weighted by Crippen LogP contribution is 2.15. The highest BCUT2D eigenvalue weighted by molar-refractivity contribution is 8.01. The summed E-state index contributed by atoms with van der Waals surface area (Å²) in [5.41, 5.74) is 1.43. The van der Waals surface area contributed by atoms with E-state index in [1.54, 1.807) is 6.92 Å². The number of benzene rings is 2. The Hall–Kier alpha value is -2.34. The minimum atomic E-state index is -0.451. The van der Waals surface area contributed by atoms with Gasteiger partial charge in [-0.2, -0.15) is 0 Å². The standard InChI is InChI=1S/C18H18FNO3S/c1-13(18(22)23-11-14-5-3-2-4-6-14)24-12-17(21)20-16-9-7-15(19)8-10-16/h2-10,13H,11-12H2,1H3,(H,20,21). The van der Waals surface area contributed by atoms with E-state index in [1.807, 2.05) is 30.3 Å². The lowest BCUT2D eigenvalue weighted by atomic mass is 10.2. The van der Waals surface area contributed by atoms with Crippen molar-refractivity contribution in [2.24, 2.45) is 0 Å². The average molecular weight is 347 g/mol. The van der Waals surface area contributed by atoms with Crippen molar-refractivity contribution in [3.8, 4) is 0 Å². The number of anilines is 1. The molecule has 4 nitrogen and oxygen atoms in total. The minimum Gasteiger partial charge on any atom is -0.460 e. The highest BCUT2D eigenvalue weighted by Gasteiger charge is 2.17. The molecule has 0 saturated heterocycles. The number of carbonyl (C=O) groups is 2. The van der Waals surface area contributed by atoms with Crippen LogP contribution in [0, 0.1) is 5.82 Å². The molecule has 0 fully saturated rings. The first-order valence-electron chi connectivity index (χ1n) is 7.42. The van der Waals surface area contributed by atoms with Gasteiger partial charge in [-0.1, -0.05) is 30.3 Å². The van der Waals surface area contributed by atoms with Crippen molar-refractivity contribution < 1.29 is 18.7 Å². The Labute approximate surface area is 144 Å². The maximum atomic E-state index is 12.8. The molecular formula is C18H18FNO3S. The van der Waals surface area contributed by atoms with Crippen molar-refractivity contribution in [2.45, 2.75) is 18.8 Å². The van der Waals surface area contributed by atoms with Crippen LogP contribution in [0.15, 0.2) is 54.6 Å². The van der Waals surface area contributed by atoms with Gasteiger partial charge in [0.1, 0.15) is 17.7 Å². The molecule has 0 bridgehead atoms. The SMILES string of the molecule is CC(SCC(=O)Nc1ccc(F)cc1)C(=O)OCc1ccccc1. The Morgan fingerprint density at radius 1 is 1.12 bits per heavy atom. The summed E-state index contributed by atoms with van der Waals surface area (Å²) in [5.74, 6) is -0.871. The van der Waals surface area contributed by atoms with Crippen molar-refractivity contribution in [2.75, 3.05) is 11.1 Å². The number of halogens is 1. The van der Waals surface area contributed by atoms with Gasteiger partial charge in [0, 0.05) is 5.69 Å². The van der Waals surface area contributed by atoms with E-state index in [4.69, 9.17) is 4.74 Å². The lowest BCUT2D eigenvalue weighted by Gasteiger charge is -2.11. The van der Waals surface area contributed by atoms with Crippen LogP contribution in [0.2, 0.25) is 0 Å². The molecule has 0 aliphatic rings. The summed E-state index contributed by atoms with van der Waals surface area (Å²) < 4.78 is 18.0. The van der Waals surface area contributed by atoms with Gasteiger partial charge in [0.2, 0.25) is 5.91 Å². The Morgan fingerprint density at radius 3 is 2.46 bits per heavy atom. The van der Waals surface area contributed by atoms with Gasteiger partial charge in [0.25, 0.3) is 0 Å². The van der Waals surface area contributed by atoms with Gasteiger partial charge < -0.3 is 10.1 Å². The van der Waals surface area contributed by atoms with E-state index in [0.29, 0.717) is 5.69 Å². The molecule has 0 aliphatic carbocycles. The first-order chi connectivity index (χ1) is 11.5. The monoisotopic (exact) mass is 347 g/mol. The molecule has 2 rings (SSSR count). The number of ether oxygens (including phenoxy) is 1. The average Bonchev–Trinajstić information content (AvgIpc) is 2.60. The minimum absolute atomic E-state index is 0.110. The highest BCUT2D eigenvalue weighted by atomic mass is 32.2. The Kier molecular flexibility index (Phi) is 6.81. The molecule has 1 unspecified atom stereocenters. The van der Waals surface area contributed by atoms with Crippen LogP contribution >= 0.6 is 11.8 Å². The number of carbonyl (C=O) groups excluding carboxylic acids is 2. The van der Waals surface area contributed by atoms with Gasteiger partial charge in [-0.05, 0) is 36.8 Å². The van der Waals surface area contributed by atoms with E-state index < -0.39 is 5.25 Å². The van der Waals surface area contributed by atoms with E-state index in [0.717, 1.165) is 5.56 Å². The first-order valence-corrected chi connectivity index (χ1v) is 8.47. The first kappa shape index (κ1) is 18.0. The van der Waals surface area contributed by atoms with Gasteiger partial charge in [-0.25, -0.2) is 4.39 Å². The van der Waals surface area contributed by atoms with Crippen molar-refractivity contribution in [1.82, 2.24) is 0 Å². The summed E-state index contributed by atoms with van der Waals surface area (Å²) in [7, 11) is 0. The predicted octanol–water partition coefficient (Wildman–Crippen LogP) is 3.63. The number of thioether (sulfide) groups is 1. The van der Waals surface area contributed by atoms with Crippen LogP contribution in [0.4, 0.5) is 10.1 Å². The molecule has 0 aliphatic heterocycles. The van der Waals surface area contributed by atoms with Crippen LogP contribution in [0.5, 0.6) is 0 Å². The summed E-state index contributed by atoms with van der Waals surface area (Å²) in [6, 6.07) is 14.9. The van der Waals surface area contributed by atoms with E-state index in [2.05, 4.69) is 5.32 Å². The molecule has 2 aromatic carbocycles. The fraction of sp³-hybridized carbons (Fsp3) is 0.222. The third-order valence-corrected chi connectivity index (χ3v) is 4.27. The van der Waals surface area contributed by atoms with Crippen molar-refractivity contribution in [3.63, 3.8) is 0 Å². The van der Waals surface area contributed by atoms with E-state index in [1.165, 1.54) is 36.0 Å². The van der Waals surface area contributed by atoms with Crippen molar-refractivity contribution in [3.05, 3.63) is 66.0 Å². The maximum Gasteiger partial charge on any atom is 0.319 e. The summed E-state index contributed by atoms with van der Waals surface area (Å²) in [6.07, 6.45) is 0. The molecule has 0 heterocycles. The number of hydrogen-bond acceptors (Lipinski definition) is 4. The largest absolute Gasteiger partial charge is 0.460 e. The number of esters is 1. The Morgan fingerprint density at radius 2 is 1.79 bits per heavy atom. The molecule has 126 valence electrons. The quantitative estimate of drug-likeness (QED) is 0.777. The van der Waals surface area contributed by atoms with Crippen molar-refractivity contribution >= 4 is 29.3 Å². The van der Waals surface area contributed by atoms with Gasteiger partial charge in [-0.3, -0.25) is 9.59 Å². The second-order valence-electron chi connectivity index (χ2n) is 5.10. The molecule has 1 N–H and O–H groups in total. The lowest BCUT2D eigenvalue weighted by molar-refractivity contribution is -0.143. The number of nitrogens with one attached hydrogen (secondary N) is 1. The van der Waals surface area contributed by atoms with Gasteiger partial charge in [0.05, 0.1) is 5.75 Å². The molecule has 0 aromatic heterocycles. The van der Waals surface area contributed by atoms with E-state index >= 15 is 0 Å². The number of amides is 1. The number of hydrogen-bond donors (Lipinski definition) is 1. The maximum absolute atomic E-state index is 12.8. The lowest BCUT2D eigenvalue weighted by Crippen LogP contribution is -2.21. The van der Waals surface area contributed by atoms with Crippen molar-refractivity contribution in [1.29, 1.82) is 0 Å². The summed E-state index contributed by atoms with van der Waals surface area (Å²) >= 11 is 1.19. The third kappa shape index (κ3) is 6.04. The fourth-order valence-corrected chi connectivity index (χ4v) is 2.52. The van der Waals surface area contributed by atoms with Gasteiger partial charge >= 0.3 is 5.97 Å². The Balaban J connectivity index is 1.71. The van der Waals surface area contributed by atoms with Crippen LogP contribution in [0.1, 0.15) is 12.5 Å². The van der Waals surface area contributed by atoms with Crippen LogP contribution < -0.4 is 5.32 Å². The molecule has 2 aromatic rings. The van der Waals surface area contributed by atoms with Crippen LogP contribution in [0.25, 0.3) is 0 Å². The van der Waals surface area contributed by atoms with Crippen LogP contribution in [0.3, 0.4) is 0 Å². The van der Waals surface area contributed by atoms with Gasteiger partial charge in [-0.15, -0.1) is 11.8 Å². The molecule has 1 atom stereocenters. The number of rotatable bonds is 7. The van der Waals surface area contributed by atoms with E-state index in [9.17, 15) is 14.0 Å². The second-order valence-corrected chi connectivity index (χ2v) is 6.43. The van der Waals surface area contributed by atoms with Crippen LogP contribution in [-0.2, 0) is 20.9 Å². The normalized spacial score (nSPS) is 11.6. The van der Waals surface area contributed by atoms with Gasteiger partial charge in [0.15, 0.2) is 0 Å². The molecule has 6 heteroatoms. The van der Waals surface area contributed by atoms with E-state index in [-0.39, 0.29) is 30.1 Å². The zero-order valence-electron chi connectivity index (χ0n) is 13.2. The molecule has 0 radical (unpaired) electrons. The zero-order valence-corrected chi connectivity index (χ0v) is 14.0. The smallest absolute Gasteiger partial charge is 0.319 e. The zero-order chi connectivity index (χ0) is 17.4. The summed E-state index contributed by atoms with van der Waals surface area (Å²) in [5, 5.41) is 2.19.